The van der Waals surface area contributed by atoms with E-state index < -0.39 is 60.2 Å². The number of nitrogens with two attached hydrogens (primary N) is 2. The van der Waals surface area contributed by atoms with E-state index in [4.69, 9.17) is 11.5 Å². The number of nitrogens with one attached hydrogen (secondary N) is 5. The molecule has 37 heavy (non-hydrogen) atoms. The van der Waals surface area contributed by atoms with Crippen molar-refractivity contribution in [2.24, 2.45) is 11.5 Å². The lowest BCUT2D eigenvalue weighted by atomic mass is 10.1. The van der Waals surface area contributed by atoms with E-state index in [0.29, 0.717) is 17.1 Å². The fourth-order valence-electron chi connectivity index (χ4n) is 3.28. The van der Waals surface area contributed by atoms with Gasteiger partial charge in [-0.25, -0.2) is 14.8 Å². The van der Waals surface area contributed by atoms with Crippen LogP contribution in [0.2, 0.25) is 0 Å². The molecule has 0 aliphatic carbocycles. The molecule has 0 aromatic carbocycles. The summed E-state index contributed by atoms with van der Waals surface area (Å²) < 4.78 is 0. The number of aromatic nitrogens is 4. The van der Waals surface area contributed by atoms with Gasteiger partial charge in [0.05, 0.1) is 25.1 Å². The molecule has 4 atom stereocenters. The molecule has 0 saturated heterocycles. The molecule has 2 heterocycles. The monoisotopic (exact) mass is 537 g/mol. The predicted octanol–water partition coefficient (Wildman–Crippen LogP) is -2.59. The van der Waals surface area contributed by atoms with Crippen LogP contribution >= 0.6 is 11.8 Å². The SMILES string of the molecule is CSCCC(NC(=O)C(N)CC(N)=O)C(=O)NC(Cc1cnc[nH]1)C(=O)NC(Cc1cnc[nH]1)C(=O)O. The number of hydrogen-bond acceptors (Lipinski definition) is 9. The number of carbonyl (C=O) groups is 5. The zero-order valence-corrected chi connectivity index (χ0v) is 20.9. The zero-order valence-electron chi connectivity index (χ0n) is 20.1. The van der Waals surface area contributed by atoms with Gasteiger partial charge >= 0.3 is 5.97 Å². The Morgan fingerprint density at radius 1 is 0.919 bits per heavy atom. The molecule has 0 spiro atoms. The number of carboxylic acid groups (broad SMARTS) is 1. The Morgan fingerprint density at radius 3 is 1.92 bits per heavy atom. The number of carboxylic acids is 1. The fourth-order valence-corrected chi connectivity index (χ4v) is 3.75. The zero-order chi connectivity index (χ0) is 27.4. The number of aliphatic carboxylic acids is 1. The van der Waals surface area contributed by atoms with Gasteiger partial charge < -0.3 is 42.5 Å². The first-order chi connectivity index (χ1) is 17.6. The van der Waals surface area contributed by atoms with Crippen LogP contribution in [0.5, 0.6) is 0 Å². The second-order valence-electron chi connectivity index (χ2n) is 8.14. The predicted molar refractivity (Wildman–Crippen MR) is 133 cm³/mol. The summed E-state index contributed by atoms with van der Waals surface area (Å²) in [7, 11) is 0. The highest BCUT2D eigenvalue weighted by atomic mass is 32.2. The second kappa shape index (κ2) is 14.6. The summed E-state index contributed by atoms with van der Waals surface area (Å²) in [5.41, 5.74) is 11.8. The lowest BCUT2D eigenvalue weighted by molar-refractivity contribution is -0.142. The molecule has 4 unspecified atom stereocenters. The van der Waals surface area contributed by atoms with Gasteiger partial charge in [0.25, 0.3) is 0 Å². The van der Waals surface area contributed by atoms with Gasteiger partial charge in [0.15, 0.2) is 0 Å². The third-order valence-electron chi connectivity index (χ3n) is 5.21. The van der Waals surface area contributed by atoms with Crippen molar-refractivity contribution in [1.82, 2.24) is 35.9 Å². The Balaban J connectivity index is 2.17. The molecule has 2 aromatic heterocycles. The summed E-state index contributed by atoms with van der Waals surface area (Å²) in [4.78, 5) is 74.9. The third-order valence-corrected chi connectivity index (χ3v) is 5.85. The van der Waals surface area contributed by atoms with Crippen LogP contribution in [0.4, 0.5) is 0 Å². The summed E-state index contributed by atoms with van der Waals surface area (Å²) in [6.45, 7) is 0. The highest BCUT2D eigenvalue weighted by Gasteiger charge is 2.31. The third kappa shape index (κ3) is 9.92. The normalized spacial score (nSPS) is 14.1. The Bertz CT molecular complexity index is 1050. The Hall–Kier alpha value is -3.92. The minimum atomic E-state index is -1.30. The van der Waals surface area contributed by atoms with Crippen LogP contribution in [-0.4, -0.2) is 90.8 Å². The van der Waals surface area contributed by atoms with Crippen molar-refractivity contribution in [2.45, 2.75) is 49.9 Å². The second-order valence-corrected chi connectivity index (χ2v) is 9.13. The number of hydrogen-bond donors (Lipinski definition) is 8. The van der Waals surface area contributed by atoms with Crippen molar-refractivity contribution in [3.05, 3.63) is 36.4 Å². The fraction of sp³-hybridized carbons (Fsp3) is 0.476. The van der Waals surface area contributed by atoms with Crippen LogP contribution in [0.1, 0.15) is 24.2 Å². The van der Waals surface area contributed by atoms with Crippen LogP contribution in [0.15, 0.2) is 25.0 Å². The summed E-state index contributed by atoms with van der Waals surface area (Å²) in [5.74, 6) is -3.74. The number of H-pyrrole nitrogens is 2. The van der Waals surface area contributed by atoms with Crippen LogP contribution < -0.4 is 27.4 Å². The van der Waals surface area contributed by atoms with Crippen molar-refractivity contribution >= 4 is 41.4 Å². The number of aromatic amines is 2. The van der Waals surface area contributed by atoms with Crippen LogP contribution in [0.25, 0.3) is 0 Å². The number of thioether (sulfide) groups is 1. The molecule has 2 aromatic rings. The highest BCUT2D eigenvalue weighted by molar-refractivity contribution is 7.98. The van der Waals surface area contributed by atoms with Crippen molar-refractivity contribution in [2.75, 3.05) is 12.0 Å². The van der Waals surface area contributed by atoms with Gasteiger partial charge in [-0.05, 0) is 18.4 Å². The van der Waals surface area contributed by atoms with E-state index in [1.165, 1.54) is 36.8 Å². The number of amides is 4. The minimum absolute atomic E-state index is 0.0294. The first-order valence-electron chi connectivity index (χ1n) is 11.2. The maximum absolute atomic E-state index is 13.1. The van der Waals surface area contributed by atoms with Gasteiger partial charge in [-0.2, -0.15) is 11.8 Å². The van der Waals surface area contributed by atoms with Crippen LogP contribution in [0.3, 0.4) is 0 Å². The summed E-state index contributed by atoms with van der Waals surface area (Å²) >= 11 is 1.43. The smallest absolute Gasteiger partial charge is 0.326 e. The molecule has 4 amide bonds. The standard InChI is InChI=1S/C21H31N9O6S/c1-37-3-2-14(28-18(32)13(22)6-17(23)31)19(33)29-15(4-11-7-24-9-26-11)20(34)30-16(21(35)36)5-12-8-25-10-27-12/h7-10,13-16H,2-6,22H2,1H3,(H2,23,31)(H,24,26)(H,25,27)(H,28,32)(H,29,33)(H,30,34)(H,35,36). The first kappa shape index (κ1) is 29.3. The minimum Gasteiger partial charge on any atom is -0.480 e. The molecule has 0 aliphatic rings. The molecule has 0 bridgehead atoms. The number of nitrogens with zero attached hydrogens (tertiary/aromatic N) is 2. The van der Waals surface area contributed by atoms with E-state index in [9.17, 15) is 29.1 Å². The lowest BCUT2D eigenvalue weighted by Gasteiger charge is -2.25. The van der Waals surface area contributed by atoms with Crippen molar-refractivity contribution < 1.29 is 29.1 Å². The number of carbonyl (C=O) groups excluding carboxylic acids is 4. The van der Waals surface area contributed by atoms with Gasteiger partial charge in [0, 0.05) is 36.6 Å². The van der Waals surface area contributed by atoms with E-state index in [-0.39, 0.29) is 19.3 Å². The van der Waals surface area contributed by atoms with Gasteiger partial charge in [0.1, 0.15) is 18.1 Å². The van der Waals surface area contributed by atoms with E-state index in [0.717, 1.165) is 0 Å². The Kier molecular flexibility index (Phi) is 11.6. The summed E-state index contributed by atoms with van der Waals surface area (Å²) in [6, 6.07) is -4.82. The molecule has 0 saturated carbocycles. The molecule has 0 radical (unpaired) electrons. The van der Waals surface area contributed by atoms with E-state index >= 15 is 0 Å². The molecule has 16 heteroatoms. The molecular formula is C21H31N9O6S. The summed E-state index contributed by atoms with van der Waals surface area (Å²) in [5, 5.41) is 17.1. The van der Waals surface area contributed by atoms with Crippen molar-refractivity contribution in [1.29, 1.82) is 0 Å². The Labute approximate surface area is 216 Å². The van der Waals surface area contributed by atoms with Crippen molar-refractivity contribution in [3.8, 4) is 0 Å². The molecular weight excluding hydrogens is 506 g/mol. The number of imidazole rings is 2. The summed E-state index contributed by atoms with van der Waals surface area (Å²) in [6.07, 6.45) is 7.21. The van der Waals surface area contributed by atoms with E-state index in [2.05, 4.69) is 35.9 Å². The topological polar surface area (TPSA) is 251 Å². The number of rotatable bonds is 16. The van der Waals surface area contributed by atoms with Gasteiger partial charge in [0.2, 0.25) is 23.6 Å². The van der Waals surface area contributed by atoms with Gasteiger partial charge in [-0.3, -0.25) is 19.2 Å². The van der Waals surface area contributed by atoms with Gasteiger partial charge in [-0.1, -0.05) is 0 Å². The van der Waals surface area contributed by atoms with Gasteiger partial charge in [-0.15, -0.1) is 0 Å². The number of primary amides is 1. The molecule has 0 aliphatic heterocycles. The average Bonchev–Trinajstić information content (AvgIpc) is 3.54. The molecule has 15 nitrogen and oxygen atoms in total. The molecule has 2 rings (SSSR count). The molecule has 202 valence electrons. The quantitative estimate of drug-likeness (QED) is 0.111. The van der Waals surface area contributed by atoms with Crippen LogP contribution in [0, 0.1) is 0 Å². The maximum atomic E-state index is 13.1. The van der Waals surface area contributed by atoms with Crippen molar-refractivity contribution in [3.63, 3.8) is 0 Å². The Morgan fingerprint density at radius 2 is 1.43 bits per heavy atom. The molecule has 10 N–H and O–H groups in total. The van der Waals surface area contributed by atoms with E-state index in [1.54, 1.807) is 0 Å². The highest BCUT2D eigenvalue weighted by Crippen LogP contribution is 2.06. The van der Waals surface area contributed by atoms with Crippen LogP contribution in [-0.2, 0) is 36.8 Å². The average molecular weight is 538 g/mol. The molecule has 0 fully saturated rings. The maximum Gasteiger partial charge on any atom is 0.326 e. The lowest BCUT2D eigenvalue weighted by Crippen LogP contribution is -2.58. The first-order valence-corrected chi connectivity index (χ1v) is 12.6. The largest absolute Gasteiger partial charge is 0.480 e. The van der Waals surface area contributed by atoms with E-state index in [1.807, 2.05) is 6.26 Å².